The van der Waals surface area contributed by atoms with E-state index in [2.05, 4.69) is 70.0 Å². The van der Waals surface area contributed by atoms with E-state index in [9.17, 15) is 0 Å². The van der Waals surface area contributed by atoms with Gasteiger partial charge in [-0.15, -0.1) is 0 Å². The van der Waals surface area contributed by atoms with Crippen molar-refractivity contribution in [1.82, 2.24) is 0 Å². The molecule has 0 saturated carbocycles. The molecule has 180 valence electrons. The summed E-state index contributed by atoms with van der Waals surface area (Å²) in [4.78, 5) is 0. The van der Waals surface area contributed by atoms with E-state index < -0.39 is 0 Å². The van der Waals surface area contributed by atoms with Crippen LogP contribution >= 0.6 is 31.9 Å². The number of benzene rings is 2. The van der Waals surface area contributed by atoms with Crippen LogP contribution in [0.3, 0.4) is 0 Å². The van der Waals surface area contributed by atoms with E-state index in [4.69, 9.17) is 0 Å². The molecule has 0 radical (unpaired) electrons. The molecule has 0 fully saturated rings. The highest BCUT2D eigenvalue weighted by Gasteiger charge is 2.45. The zero-order valence-electron chi connectivity index (χ0n) is 20.9. The van der Waals surface area contributed by atoms with Gasteiger partial charge in [0.05, 0.1) is 0 Å². The zero-order valence-corrected chi connectivity index (χ0v) is 24.1. The third-order valence-electron chi connectivity index (χ3n) is 8.23. The van der Waals surface area contributed by atoms with Crippen LogP contribution in [0.1, 0.15) is 126 Å². The van der Waals surface area contributed by atoms with Gasteiger partial charge in [0.15, 0.2) is 0 Å². The smallest absolute Gasteiger partial charge is 0.0216 e. The van der Waals surface area contributed by atoms with Crippen molar-refractivity contribution in [3.63, 3.8) is 0 Å². The summed E-state index contributed by atoms with van der Waals surface area (Å²) < 4.78 is 2.56. The fraction of sp³-hybridized carbons (Fsp3) is 0.613. The van der Waals surface area contributed by atoms with Gasteiger partial charge in [-0.25, -0.2) is 0 Å². The minimum absolute atomic E-state index is 0.196. The van der Waals surface area contributed by atoms with Crippen LogP contribution in [-0.4, -0.2) is 0 Å². The van der Waals surface area contributed by atoms with Crippen LogP contribution in [0.4, 0.5) is 0 Å². The Bertz CT molecular complexity index is 865. The molecule has 0 nitrogen and oxygen atoms in total. The molecular weight excluding hydrogens is 532 g/mol. The molecule has 0 N–H and O–H groups in total. The highest BCUT2D eigenvalue weighted by atomic mass is 79.9. The molecule has 0 atom stereocenters. The molecule has 0 aromatic heterocycles. The normalized spacial score (nSPS) is 15.2. The number of halogens is 2. The number of unbranched alkanes of at least 4 members (excludes halogenated alkanes) is 10. The molecule has 0 bridgehead atoms. The molecular formula is C31H42Br2. The maximum Gasteiger partial charge on any atom is 0.0216 e. The van der Waals surface area contributed by atoms with Crippen molar-refractivity contribution in [3.8, 4) is 11.1 Å². The lowest BCUT2D eigenvalue weighted by atomic mass is 9.70. The highest BCUT2D eigenvalue weighted by molar-refractivity contribution is 9.10. The number of hydrogen-bond acceptors (Lipinski definition) is 0. The zero-order chi connectivity index (χ0) is 23.3. The predicted octanol–water partition coefficient (Wildman–Crippen LogP) is 11.1. The topological polar surface area (TPSA) is 0 Å². The van der Waals surface area contributed by atoms with Crippen LogP contribution in [0.5, 0.6) is 0 Å². The van der Waals surface area contributed by atoms with E-state index in [-0.39, 0.29) is 5.41 Å². The molecule has 0 saturated heterocycles. The number of aryl methyl sites for hydroxylation is 2. The Morgan fingerprint density at radius 2 is 0.970 bits per heavy atom. The molecule has 0 heterocycles. The Balaban J connectivity index is 1.66. The van der Waals surface area contributed by atoms with Crippen LogP contribution in [0.2, 0.25) is 0 Å². The molecule has 2 aromatic carbocycles. The van der Waals surface area contributed by atoms with Crippen molar-refractivity contribution in [2.75, 3.05) is 0 Å². The van der Waals surface area contributed by atoms with Gasteiger partial charge >= 0.3 is 0 Å². The van der Waals surface area contributed by atoms with E-state index in [1.165, 1.54) is 112 Å². The van der Waals surface area contributed by atoms with E-state index in [0.29, 0.717) is 0 Å². The molecule has 0 amide bonds. The summed E-state index contributed by atoms with van der Waals surface area (Å²) in [5.74, 6) is 0. The molecule has 2 heteroatoms. The Kier molecular flexibility index (Phi) is 9.19. The first kappa shape index (κ1) is 25.5. The third-order valence-corrected chi connectivity index (χ3v) is 9.14. The molecule has 0 spiro atoms. The first-order valence-electron chi connectivity index (χ1n) is 13.8. The van der Waals surface area contributed by atoms with E-state index >= 15 is 0 Å². The SMILES string of the molecule is CCCCCCCCC1(CCCCCCCC)c2cc(Br)cc3c2-c2c(cc(Br)cc21)CC3. The first-order valence-corrected chi connectivity index (χ1v) is 15.4. The highest BCUT2D eigenvalue weighted by Crippen LogP contribution is 2.58. The minimum Gasteiger partial charge on any atom is -0.0654 e. The average Bonchev–Trinajstić information content (AvgIpc) is 3.06. The summed E-state index contributed by atoms with van der Waals surface area (Å²) in [5.41, 5.74) is 9.84. The second kappa shape index (κ2) is 11.9. The van der Waals surface area contributed by atoms with Gasteiger partial charge < -0.3 is 0 Å². The molecule has 2 aliphatic rings. The van der Waals surface area contributed by atoms with Crippen molar-refractivity contribution in [2.45, 2.75) is 122 Å². The molecule has 2 aliphatic carbocycles. The number of rotatable bonds is 14. The summed E-state index contributed by atoms with van der Waals surface area (Å²) in [6.45, 7) is 4.63. The van der Waals surface area contributed by atoms with Gasteiger partial charge in [0, 0.05) is 14.4 Å². The average molecular weight is 574 g/mol. The second-order valence-electron chi connectivity index (χ2n) is 10.6. The van der Waals surface area contributed by atoms with Crippen LogP contribution in [-0.2, 0) is 18.3 Å². The van der Waals surface area contributed by atoms with Gasteiger partial charge in [0.1, 0.15) is 0 Å². The van der Waals surface area contributed by atoms with Crippen molar-refractivity contribution in [3.05, 3.63) is 55.5 Å². The predicted molar refractivity (Wildman–Crippen MR) is 151 cm³/mol. The fourth-order valence-corrected chi connectivity index (χ4v) is 7.57. The Labute approximate surface area is 219 Å². The summed E-state index contributed by atoms with van der Waals surface area (Å²) in [7, 11) is 0. The van der Waals surface area contributed by atoms with Crippen LogP contribution in [0, 0.1) is 0 Å². The van der Waals surface area contributed by atoms with E-state index in [0.717, 1.165) is 0 Å². The van der Waals surface area contributed by atoms with Gasteiger partial charge in [-0.1, -0.05) is 123 Å². The Morgan fingerprint density at radius 3 is 1.39 bits per heavy atom. The molecule has 0 unspecified atom stereocenters. The maximum absolute atomic E-state index is 3.90. The lowest BCUT2D eigenvalue weighted by molar-refractivity contribution is 0.397. The molecule has 2 aromatic rings. The summed E-state index contributed by atoms with van der Waals surface area (Å²) in [5, 5.41) is 0. The summed E-state index contributed by atoms with van der Waals surface area (Å²) in [6.07, 6.45) is 21.5. The van der Waals surface area contributed by atoms with Gasteiger partial charge in [-0.3, -0.25) is 0 Å². The standard InChI is InChI=1S/C31H42Br2/c1-3-5-7-9-11-13-17-31(18-14-12-10-8-6-4-2)27-21-25(32)19-23-15-16-24-20-26(33)22-28(31)30(24)29(23)27/h19-22H,3-18H2,1-2H3. The summed E-state index contributed by atoms with van der Waals surface area (Å²) in [6, 6.07) is 9.80. The number of hydrogen-bond donors (Lipinski definition) is 0. The van der Waals surface area contributed by atoms with Crippen molar-refractivity contribution < 1.29 is 0 Å². The Hall–Kier alpha value is -0.600. The third kappa shape index (κ3) is 5.48. The van der Waals surface area contributed by atoms with Gasteiger partial charge in [-0.2, -0.15) is 0 Å². The van der Waals surface area contributed by atoms with Crippen LogP contribution in [0.25, 0.3) is 11.1 Å². The largest absolute Gasteiger partial charge is 0.0654 e. The van der Waals surface area contributed by atoms with Crippen molar-refractivity contribution in [1.29, 1.82) is 0 Å². The Morgan fingerprint density at radius 1 is 0.576 bits per heavy atom. The van der Waals surface area contributed by atoms with Crippen LogP contribution in [0.15, 0.2) is 33.2 Å². The van der Waals surface area contributed by atoms with Gasteiger partial charge in [-0.05, 0) is 83.3 Å². The van der Waals surface area contributed by atoms with Gasteiger partial charge in [0.2, 0.25) is 0 Å². The minimum atomic E-state index is 0.196. The summed E-state index contributed by atoms with van der Waals surface area (Å²) >= 11 is 7.80. The molecule has 33 heavy (non-hydrogen) atoms. The fourth-order valence-electron chi connectivity index (χ4n) is 6.56. The van der Waals surface area contributed by atoms with Gasteiger partial charge in [0.25, 0.3) is 0 Å². The maximum atomic E-state index is 3.90. The molecule has 4 rings (SSSR count). The van der Waals surface area contributed by atoms with E-state index in [1.54, 1.807) is 33.4 Å². The second-order valence-corrected chi connectivity index (χ2v) is 12.4. The molecule has 0 aliphatic heterocycles. The van der Waals surface area contributed by atoms with Crippen LogP contribution < -0.4 is 0 Å². The van der Waals surface area contributed by atoms with Crippen molar-refractivity contribution >= 4 is 31.9 Å². The van der Waals surface area contributed by atoms with E-state index in [1.807, 2.05) is 0 Å². The van der Waals surface area contributed by atoms with Crippen molar-refractivity contribution in [2.24, 2.45) is 0 Å². The monoisotopic (exact) mass is 572 g/mol. The first-order chi connectivity index (χ1) is 16.1. The quantitative estimate of drug-likeness (QED) is 0.197. The lowest BCUT2D eigenvalue weighted by Gasteiger charge is -2.33. The lowest BCUT2D eigenvalue weighted by Crippen LogP contribution is -2.25.